The lowest BCUT2D eigenvalue weighted by Gasteiger charge is -2.58. The SMILES string of the molecule is C[C@]12C=CC(=O)C=C1CC[C@@H]1C2[C@@H](O)C[C@@]2(C)C1C[C@@H](CN(O)C(=O)c1ccco1)[C@@H]2C(=O)CO. The Morgan fingerprint density at radius 2 is 2.06 bits per heavy atom. The van der Waals surface area contributed by atoms with E-state index in [9.17, 15) is 29.8 Å². The topological polar surface area (TPSA) is 128 Å². The van der Waals surface area contributed by atoms with Crippen LogP contribution < -0.4 is 0 Å². The molecule has 3 saturated carbocycles. The van der Waals surface area contributed by atoms with Crippen molar-refractivity contribution >= 4 is 17.5 Å². The molecule has 188 valence electrons. The molecule has 3 fully saturated rings. The largest absolute Gasteiger partial charge is 0.459 e. The highest BCUT2D eigenvalue weighted by Gasteiger charge is 2.65. The Labute approximate surface area is 204 Å². The zero-order valence-corrected chi connectivity index (χ0v) is 20.1. The second kappa shape index (κ2) is 8.54. The van der Waals surface area contributed by atoms with E-state index >= 15 is 0 Å². The molecule has 4 aliphatic rings. The highest BCUT2D eigenvalue weighted by molar-refractivity contribution is 6.01. The van der Waals surface area contributed by atoms with Crippen molar-refractivity contribution in [3.05, 3.63) is 48.0 Å². The van der Waals surface area contributed by atoms with Gasteiger partial charge in [0.15, 0.2) is 17.3 Å². The first-order valence-electron chi connectivity index (χ1n) is 12.4. The Morgan fingerprint density at radius 3 is 2.74 bits per heavy atom. The van der Waals surface area contributed by atoms with E-state index in [-0.39, 0.29) is 47.5 Å². The third-order valence-corrected chi connectivity index (χ3v) is 9.55. The van der Waals surface area contributed by atoms with Crippen molar-refractivity contribution < 1.29 is 34.2 Å². The zero-order chi connectivity index (χ0) is 25.1. The van der Waals surface area contributed by atoms with E-state index in [1.54, 1.807) is 18.2 Å². The van der Waals surface area contributed by atoms with Gasteiger partial charge in [-0.15, -0.1) is 0 Å². The number of ketones is 2. The fourth-order valence-electron chi connectivity index (χ4n) is 8.25. The van der Waals surface area contributed by atoms with Gasteiger partial charge in [-0.3, -0.25) is 19.6 Å². The Hall–Kier alpha value is -2.55. The summed E-state index contributed by atoms with van der Waals surface area (Å²) >= 11 is 0. The first-order chi connectivity index (χ1) is 16.6. The molecule has 0 aromatic carbocycles. The van der Waals surface area contributed by atoms with Crippen molar-refractivity contribution in [2.45, 2.75) is 45.6 Å². The molecule has 1 amide bonds. The van der Waals surface area contributed by atoms with Crippen LogP contribution in [-0.4, -0.2) is 57.2 Å². The van der Waals surface area contributed by atoms with Gasteiger partial charge in [-0.25, -0.2) is 5.06 Å². The predicted octanol–water partition coefficient (Wildman–Crippen LogP) is 2.79. The maximum Gasteiger partial charge on any atom is 0.312 e. The standard InChI is InChI=1S/C27H33NO7/c1-26-8-7-17(30)11-16(26)5-6-18-19-10-15(13-28(34)25(33)22-4-3-9-35-22)23(21(32)14-29)27(19,2)12-20(31)24(18)26/h3-4,7-9,11,15,18-20,23-24,29,31,34H,5-6,10,12-14H2,1-2H3/t15-,18-,19?,20-,23+,24?,26-,27-/m0/s1. The van der Waals surface area contributed by atoms with Crippen LogP contribution in [0.15, 0.2) is 46.6 Å². The van der Waals surface area contributed by atoms with E-state index < -0.39 is 35.4 Å². The molecule has 5 rings (SSSR count). The van der Waals surface area contributed by atoms with Crippen LogP contribution in [0.2, 0.25) is 0 Å². The lowest BCUT2D eigenvalue weighted by molar-refractivity contribution is -0.144. The number of furan rings is 1. The van der Waals surface area contributed by atoms with Gasteiger partial charge < -0.3 is 14.6 Å². The van der Waals surface area contributed by atoms with Gasteiger partial charge >= 0.3 is 5.91 Å². The molecule has 1 aromatic heterocycles. The summed E-state index contributed by atoms with van der Waals surface area (Å²) in [6.45, 7) is 3.41. The summed E-state index contributed by atoms with van der Waals surface area (Å²) in [6.07, 6.45) is 8.43. The van der Waals surface area contributed by atoms with Gasteiger partial charge in [-0.2, -0.15) is 0 Å². The molecule has 2 unspecified atom stereocenters. The molecule has 8 atom stereocenters. The molecular formula is C27H33NO7. The van der Waals surface area contributed by atoms with Gasteiger partial charge in [0.1, 0.15) is 6.61 Å². The summed E-state index contributed by atoms with van der Waals surface area (Å²) in [4.78, 5) is 37.7. The summed E-state index contributed by atoms with van der Waals surface area (Å²) in [7, 11) is 0. The molecule has 3 N–H and O–H groups in total. The fourth-order valence-corrected chi connectivity index (χ4v) is 8.25. The number of aliphatic hydroxyl groups excluding tert-OH is 2. The number of aliphatic hydroxyl groups is 2. The Balaban J connectivity index is 1.47. The average molecular weight is 484 g/mol. The van der Waals surface area contributed by atoms with Gasteiger partial charge in [-0.05, 0) is 73.1 Å². The number of hydrogen-bond acceptors (Lipinski definition) is 7. The molecule has 0 saturated heterocycles. The van der Waals surface area contributed by atoms with Crippen molar-refractivity contribution in [2.24, 2.45) is 40.4 Å². The predicted molar refractivity (Wildman–Crippen MR) is 124 cm³/mol. The van der Waals surface area contributed by atoms with Gasteiger partial charge in [-0.1, -0.05) is 25.5 Å². The lowest BCUT2D eigenvalue weighted by atomic mass is 9.46. The number of hydrogen-bond donors (Lipinski definition) is 3. The smallest absolute Gasteiger partial charge is 0.312 e. The molecule has 1 aromatic rings. The summed E-state index contributed by atoms with van der Waals surface area (Å²) in [5.41, 5.74) is 0.0486. The summed E-state index contributed by atoms with van der Waals surface area (Å²) in [5, 5.41) is 32.5. The molecule has 0 spiro atoms. The number of allylic oxidation sites excluding steroid dienone is 4. The number of amides is 1. The van der Waals surface area contributed by atoms with Crippen LogP contribution in [0.25, 0.3) is 0 Å². The van der Waals surface area contributed by atoms with Crippen LogP contribution in [0.5, 0.6) is 0 Å². The van der Waals surface area contributed by atoms with E-state index in [1.165, 1.54) is 12.3 Å². The fraction of sp³-hybridized carbons (Fsp3) is 0.593. The summed E-state index contributed by atoms with van der Waals surface area (Å²) < 4.78 is 5.12. The van der Waals surface area contributed by atoms with Gasteiger partial charge in [0, 0.05) is 17.3 Å². The van der Waals surface area contributed by atoms with E-state index in [1.807, 2.05) is 13.0 Å². The first-order valence-corrected chi connectivity index (χ1v) is 12.4. The number of carbonyl (C=O) groups is 3. The van der Waals surface area contributed by atoms with E-state index in [0.717, 1.165) is 18.4 Å². The second-order valence-corrected chi connectivity index (χ2v) is 11.3. The number of Topliss-reactive ketones (excluding diaryl/α,β-unsaturated/α-hetero) is 1. The van der Waals surface area contributed by atoms with Crippen LogP contribution in [0.3, 0.4) is 0 Å². The molecule has 8 nitrogen and oxygen atoms in total. The molecule has 4 aliphatic carbocycles. The maximum absolute atomic E-state index is 13.1. The monoisotopic (exact) mass is 483 g/mol. The summed E-state index contributed by atoms with van der Waals surface area (Å²) in [6, 6.07) is 3.03. The lowest BCUT2D eigenvalue weighted by Crippen LogP contribution is -2.56. The highest BCUT2D eigenvalue weighted by Crippen LogP contribution is 2.67. The first kappa shape index (κ1) is 24.2. The van der Waals surface area contributed by atoms with Gasteiger partial charge in [0.05, 0.1) is 18.9 Å². The Morgan fingerprint density at radius 1 is 1.29 bits per heavy atom. The summed E-state index contributed by atoms with van der Waals surface area (Å²) in [5.74, 6) is -1.90. The van der Waals surface area contributed by atoms with E-state index in [4.69, 9.17) is 4.42 Å². The maximum atomic E-state index is 13.1. The Bertz CT molecular complexity index is 1090. The Kier molecular flexibility index (Phi) is 5.89. The van der Waals surface area contributed by atoms with E-state index in [2.05, 4.69) is 6.92 Å². The number of fused-ring (bicyclic) bond motifs is 5. The quantitative estimate of drug-likeness (QED) is 0.434. The number of carbonyl (C=O) groups excluding carboxylic acids is 3. The minimum atomic E-state index is -0.685. The van der Waals surface area contributed by atoms with Crippen molar-refractivity contribution in [1.82, 2.24) is 5.06 Å². The normalized spacial score (nSPS) is 39.9. The molecule has 0 bridgehead atoms. The number of rotatable bonds is 5. The van der Waals surface area contributed by atoms with E-state index in [0.29, 0.717) is 17.9 Å². The average Bonchev–Trinajstić information content (AvgIpc) is 3.44. The van der Waals surface area contributed by atoms with Crippen LogP contribution in [0, 0.1) is 40.4 Å². The minimum Gasteiger partial charge on any atom is -0.459 e. The third-order valence-electron chi connectivity index (χ3n) is 9.55. The van der Waals surface area contributed by atoms with Crippen molar-refractivity contribution in [3.63, 3.8) is 0 Å². The molecule has 0 radical (unpaired) electrons. The molecule has 1 heterocycles. The van der Waals surface area contributed by atoms with Crippen LogP contribution in [-0.2, 0) is 9.59 Å². The molecule has 35 heavy (non-hydrogen) atoms. The number of hydroxylamine groups is 2. The zero-order valence-electron chi connectivity index (χ0n) is 20.1. The molecular weight excluding hydrogens is 450 g/mol. The second-order valence-electron chi connectivity index (χ2n) is 11.3. The molecule has 0 aliphatic heterocycles. The minimum absolute atomic E-state index is 0.00722. The van der Waals surface area contributed by atoms with Crippen LogP contribution in [0.4, 0.5) is 0 Å². The van der Waals surface area contributed by atoms with Gasteiger partial charge in [0.2, 0.25) is 0 Å². The molecule has 8 heteroatoms. The van der Waals surface area contributed by atoms with Gasteiger partial charge in [0.25, 0.3) is 0 Å². The van der Waals surface area contributed by atoms with Crippen molar-refractivity contribution in [1.29, 1.82) is 0 Å². The van der Waals surface area contributed by atoms with Crippen molar-refractivity contribution in [2.75, 3.05) is 13.2 Å². The van der Waals surface area contributed by atoms with Crippen LogP contribution in [0.1, 0.15) is 50.1 Å². The van der Waals surface area contributed by atoms with Crippen LogP contribution >= 0.6 is 0 Å². The van der Waals surface area contributed by atoms with Crippen molar-refractivity contribution in [3.8, 4) is 0 Å². The third kappa shape index (κ3) is 3.65. The number of nitrogens with zero attached hydrogens (tertiary/aromatic N) is 1. The highest BCUT2D eigenvalue weighted by atomic mass is 16.5.